The summed E-state index contributed by atoms with van der Waals surface area (Å²) in [4.78, 5) is 34.2. The Hall–Kier alpha value is -2.26. The first kappa shape index (κ1) is 18.8. The molecule has 0 bridgehead atoms. The van der Waals surface area contributed by atoms with Crippen LogP contribution in [0.4, 0.5) is 0 Å². The Balaban J connectivity index is 0.00000264. The van der Waals surface area contributed by atoms with Gasteiger partial charge < -0.3 is 9.90 Å². The summed E-state index contributed by atoms with van der Waals surface area (Å²) in [5, 5.41) is 11.1. The van der Waals surface area contributed by atoms with Crippen LogP contribution in [0.5, 0.6) is 0 Å². The van der Waals surface area contributed by atoms with Crippen LogP contribution in [0.1, 0.15) is 31.1 Å². The fourth-order valence-corrected chi connectivity index (χ4v) is 1.74. The molecule has 2 aromatic rings. The van der Waals surface area contributed by atoms with Crippen LogP contribution in [0.2, 0.25) is 5.02 Å². The third kappa shape index (κ3) is 5.15. The molecule has 0 aromatic heterocycles. The molecule has 23 heavy (non-hydrogen) atoms. The minimum atomic E-state index is -1.33. The van der Waals surface area contributed by atoms with Crippen LogP contribution in [-0.2, 0) is 0 Å². The maximum absolute atomic E-state index is 11.8. The first-order valence-corrected chi connectivity index (χ1v) is 6.53. The van der Waals surface area contributed by atoms with Crippen molar-refractivity contribution in [2.45, 2.75) is 0 Å². The van der Waals surface area contributed by atoms with E-state index in [9.17, 15) is 19.5 Å². The van der Waals surface area contributed by atoms with E-state index in [4.69, 9.17) is 11.6 Å². The zero-order valence-electron chi connectivity index (χ0n) is 12.1. The number of hydrogen-bond acceptors (Lipinski definition) is 4. The molecule has 0 atom stereocenters. The maximum Gasteiger partial charge on any atom is 1.00 e. The molecule has 0 radical (unpaired) electrons. The Kier molecular flexibility index (Phi) is 6.85. The molecule has 0 saturated carbocycles. The Morgan fingerprint density at radius 2 is 1.09 bits per heavy atom. The molecule has 2 N–H and O–H groups in total. The molecule has 0 fully saturated rings. The smallest absolute Gasteiger partial charge is 0.545 e. The van der Waals surface area contributed by atoms with Crippen molar-refractivity contribution in [3.63, 3.8) is 0 Å². The Bertz CT molecular complexity index is 717. The molecule has 8 heteroatoms. The van der Waals surface area contributed by atoms with Crippen molar-refractivity contribution in [1.29, 1.82) is 0 Å². The zero-order chi connectivity index (χ0) is 16.1. The molecule has 0 aliphatic heterocycles. The molecule has 0 spiro atoms. The molecule has 2 rings (SSSR count). The van der Waals surface area contributed by atoms with Gasteiger partial charge in [-0.15, -0.1) is 0 Å². The average molecular weight is 325 g/mol. The van der Waals surface area contributed by atoms with Gasteiger partial charge in [0.2, 0.25) is 0 Å². The predicted octanol–water partition coefficient (Wildman–Crippen LogP) is -2.22. The number of carbonyl (C=O) groups excluding carboxylic acids is 3. The van der Waals surface area contributed by atoms with Gasteiger partial charge in [0.1, 0.15) is 0 Å². The van der Waals surface area contributed by atoms with Gasteiger partial charge in [-0.25, -0.2) is 0 Å². The summed E-state index contributed by atoms with van der Waals surface area (Å²) in [6.45, 7) is 0. The SMILES string of the molecule is O=C([O-])c1ccc(C(=O)NNC(=O)c2ccc(Cl)cc2)cc1.[Li+]. The van der Waals surface area contributed by atoms with E-state index in [2.05, 4.69) is 10.9 Å². The van der Waals surface area contributed by atoms with Crippen molar-refractivity contribution < 1.29 is 38.4 Å². The van der Waals surface area contributed by atoms with Gasteiger partial charge in [0.05, 0.1) is 5.97 Å². The van der Waals surface area contributed by atoms with Crippen molar-refractivity contribution in [2.75, 3.05) is 0 Å². The van der Waals surface area contributed by atoms with Gasteiger partial charge in [-0.1, -0.05) is 23.7 Å². The van der Waals surface area contributed by atoms with Crippen LogP contribution in [0.15, 0.2) is 48.5 Å². The predicted molar refractivity (Wildman–Crippen MR) is 77.2 cm³/mol. The minimum Gasteiger partial charge on any atom is -0.545 e. The average Bonchev–Trinajstić information content (AvgIpc) is 2.53. The summed E-state index contributed by atoms with van der Waals surface area (Å²) in [6, 6.07) is 11.2. The van der Waals surface area contributed by atoms with Gasteiger partial charge in [-0.05, 0) is 42.0 Å². The number of carbonyl (C=O) groups is 3. The van der Waals surface area contributed by atoms with E-state index < -0.39 is 17.8 Å². The number of hydrazine groups is 1. The van der Waals surface area contributed by atoms with Crippen molar-refractivity contribution in [2.24, 2.45) is 0 Å². The first-order valence-electron chi connectivity index (χ1n) is 6.15. The van der Waals surface area contributed by atoms with Crippen molar-refractivity contribution in [1.82, 2.24) is 10.9 Å². The first-order chi connectivity index (χ1) is 10.5. The zero-order valence-corrected chi connectivity index (χ0v) is 12.9. The molecular formula is C15H10ClLiN2O4. The number of halogens is 1. The molecule has 0 aliphatic rings. The van der Waals surface area contributed by atoms with Gasteiger partial charge in [0.15, 0.2) is 0 Å². The van der Waals surface area contributed by atoms with E-state index in [1.165, 1.54) is 36.4 Å². The molecule has 2 aromatic carbocycles. The summed E-state index contributed by atoms with van der Waals surface area (Å²) in [5.41, 5.74) is 4.96. The second-order valence-corrected chi connectivity index (χ2v) is 4.72. The van der Waals surface area contributed by atoms with Crippen molar-refractivity contribution >= 4 is 29.4 Å². The van der Waals surface area contributed by atoms with Crippen LogP contribution in [0, 0.1) is 0 Å². The molecule has 0 aliphatic carbocycles. The topological polar surface area (TPSA) is 98.3 Å². The van der Waals surface area contributed by atoms with Crippen LogP contribution >= 0.6 is 11.6 Å². The number of rotatable bonds is 3. The van der Waals surface area contributed by atoms with Gasteiger partial charge >= 0.3 is 18.9 Å². The monoisotopic (exact) mass is 324 g/mol. The van der Waals surface area contributed by atoms with E-state index in [0.717, 1.165) is 0 Å². The van der Waals surface area contributed by atoms with Gasteiger partial charge in [-0.2, -0.15) is 0 Å². The molecule has 112 valence electrons. The summed E-state index contributed by atoms with van der Waals surface area (Å²) in [5.74, 6) is -2.41. The second kappa shape index (κ2) is 8.39. The van der Waals surface area contributed by atoms with Crippen LogP contribution in [0.25, 0.3) is 0 Å². The number of carboxylic acid groups (broad SMARTS) is 1. The molecule has 0 unspecified atom stereocenters. The van der Waals surface area contributed by atoms with Gasteiger partial charge in [0.25, 0.3) is 11.8 Å². The summed E-state index contributed by atoms with van der Waals surface area (Å²) in [6.07, 6.45) is 0. The minimum absolute atomic E-state index is 0. The van der Waals surface area contributed by atoms with E-state index in [1.54, 1.807) is 12.1 Å². The summed E-state index contributed by atoms with van der Waals surface area (Å²) < 4.78 is 0. The summed E-state index contributed by atoms with van der Waals surface area (Å²) in [7, 11) is 0. The molecular weight excluding hydrogens is 315 g/mol. The van der Waals surface area contributed by atoms with Gasteiger partial charge in [-0.3, -0.25) is 20.4 Å². The van der Waals surface area contributed by atoms with Crippen molar-refractivity contribution in [3.8, 4) is 0 Å². The third-order valence-corrected chi connectivity index (χ3v) is 3.03. The number of amides is 2. The Morgan fingerprint density at radius 3 is 1.48 bits per heavy atom. The number of hydrogen-bond donors (Lipinski definition) is 2. The fraction of sp³-hybridized carbons (Fsp3) is 0. The maximum atomic E-state index is 11.8. The van der Waals surface area contributed by atoms with Gasteiger partial charge in [0, 0.05) is 16.1 Å². The molecule has 0 heterocycles. The fourth-order valence-electron chi connectivity index (χ4n) is 1.62. The second-order valence-electron chi connectivity index (χ2n) is 4.28. The Labute approximate surface area is 149 Å². The van der Waals surface area contributed by atoms with Crippen LogP contribution in [0.3, 0.4) is 0 Å². The summed E-state index contributed by atoms with van der Waals surface area (Å²) >= 11 is 5.71. The van der Waals surface area contributed by atoms with E-state index in [-0.39, 0.29) is 30.0 Å². The number of aromatic carboxylic acids is 1. The van der Waals surface area contributed by atoms with E-state index in [1.807, 2.05) is 0 Å². The van der Waals surface area contributed by atoms with Crippen LogP contribution < -0.4 is 34.8 Å². The van der Waals surface area contributed by atoms with E-state index >= 15 is 0 Å². The molecule has 6 nitrogen and oxygen atoms in total. The quantitative estimate of drug-likeness (QED) is 0.494. The number of carboxylic acids is 1. The molecule has 2 amide bonds. The van der Waals surface area contributed by atoms with Crippen LogP contribution in [-0.4, -0.2) is 17.8 Å². The van der Waals surface area contributed by atoms with Crippen molar-refractivity contribution in [3.05, 3.63) is 70.2 Å². The largest absolute Gasteiger partial charge is 1.00 e. The standard InChI is InChI=1S/C15H11ClN2O4.Li/c16-12-7-5-10(6-8-12)14(20)18-17-13(19)9-1-3-11(4-2-9)15(21)22;/h1-8H,(H,17,19)(H,18,20)(H,21,22);/q;+1/p-1. The normalized spacial score (nSPS) is 9.43. The van der Waals surface area contributed by atoms with E-state index in [0.29, 0.717) is 10.6 Å². The number of benzene rings is 2. The Morgan fingerprint density at radius 1 is 0.739 bits per heavy atom. The number of nitrogens with one attached hydrogen (secondary N) is 2. The molecule has 0 saturated heterocycles. The third-order valence-electron chi connectivity index (χ3n) is 2.78.